The van der Waals surface area contributed by atoms with E-state index in [1.807, 2.05) is 5.38 Å². The van der Waals surface area contributed by atoms with Crippen molar-refractivity contribution in [2.24, 2.45) is 0 Å². The third-order valence-electron chi connectivity index (χ3n) is 2.14. The second-order valence-electron chi connectivity index (χ2n) is 3.23. The molecule has 0 unspecified atom stereocenters. The molecule has 0 aliphatic heterocycles. The number of thiazole rings is 1. The van der Waals surface area contributed by atoms with E-state index in [0.29, 0.717) is 0 Å². The molecule has 0 spiro atoms. The van der Waals surface area contributed by atoms with Gasteiger partial charge in [0.15, 0.2) is 0 Å². The lowest BCUT2D eigenvalue weighted by Gasteiger charge is -2.09. The average molecular weight is 255 g/mol. The molecular formula is C11H13NO2S2. The molecule has 0 aliphatic carbocycles. The Bertz CT molecular complexity index is 421. The summed E-state index contributed by atoms with van der Waals surface area (Å²) < 4.78 is 10.3. The molecule has 2 aromatic heterocycles. The van der Waals surface area contributed by atoms with E-state index < -0.39 is 0 Å². The monoisotopic (exact) mass is 255 g/mol. The van der Waals surface area contributed by atoms with Gasteiger partial charge < -0.3 is 9.47 Å². The molecule has 0 atom stereocenters. The Kier molecular flexibility index (Phi) is 4.06. The van der Waals surface area contributed by atoms with E-state index in [2.05, 4.69) is 22.5 Å². The van der Waals surface area contributed by atoms with E-state index in [-0.39, 0.29) is 6.29 Å². The molecule has 0 bridgehead atoms. The Labute approximate surface area is 103 Å². The maximum absolute atomic E-state index is 5.16. The number of hydrogen-bond acceptors (Lipinski definition) is 5. The Morgan fingerprint density at radius 2 is 2.12 bits per heavy atom. The fraction of sp³-hybridized carbons (Fsp3) is 0.364. The van der Waals surface area contributed by atoms with Gasteiger partial charge in [0.25, 0.3) is 0 Å². The highest BCUT2D eigenvalue weighted by molar-refractivity contribution is 7.11. The Morgan fingerprint density at radius 3 is 2.75 bits per heavy atom. The van der Waals surface area contributed by atoms with Gasteiger partial charge >= 0.3 is 0 Å². The smallest absolute Gasteiger partial charge is 0.201 e. The maximum Gasteiger partial charge on any atom is 0.201 e. The predicted molar refractivity (Wildman–Crippen MR) is 66.0 cm³/mol. The van der Waals surface area contributed by atoms with Gasteiger partial charge in [-0.25, -0.2) is 4.98 Å². The van der Waals surface area contributed by atoms with Gasteiger partial charge in [-0.2, -0.15) is 0 Å². The normalized spacial score (nSPS) is 11.2. The van der Waals surface area contributed by atoms with Crippen LogP contribution in [-0.4, -0.2) is 19.2 Å². The standard InChI is InChI=1S/C11H13NO2S2/c1-13-11(14-2)9-7-16-10(12-9)6-8-4-3-5-15-8/h3-5,7,11H,6H2,1-2H3. The fourth-order valence-corrected chi connectivity index (χ4v) is 3.03. The second-order valence-corrected chi connectivity index (χ2v) is 5.20. The van der Waals surface area contributed by atoms with Crippen LogP contribution in [0.1, 0.15) is 21.9 Å². The quantitative estimate of drug-likeness (QED) is 0.769. The Morgan fingerprint density at radius 1 is 1.31 bits per heavy atom. The first-order valence-corrected chi connectivity index (χ1v) is 6.61. The Hall–Kier alpha value is -0.750. The zero-order valence-corrected chi connectivity index (χ0v) is 10.8. The second kappa shape index (κ2) is 5.54. The van der Waals surface area contributed by atoms with E-state index in [1.54, 1.807) is 36.9 Å². The number of methoxy groups -OCH3 is 2. The van der Waals surface area contributed by atoms with Crippen LogP contribution >= 0.6 is 22.7 Å². The van der Waals surface area contributed by atoms with Crippen molar-refractivity contribution in [3.8, 4) is 0 Å². The van der Waals surface area contributed by atoms with Gasteiger partial charge in [-0.15, -0.1) is 22.7 Å². The van der Waals surface area contributed by atoms with Crippen LogP contribution in [0.3, 0.4) is 0 Å². The molecule has 2 rings (SSSR count). The molecule has 0 saturated carbocycles. The van der Waals surface area contributed by atoms with Crippen LogP contribution < -0.4 is 0 Å². The molecule has 2 aromatic rings. The zero-order chi connectivity index (χ0) is 11.4. The van der Waals surface area contributed by atoms with Gasteiger partial charge in [0.2, 0.25) is 6.29 Å². The minimum atomic E-state index is -0.353. The number of thiophene rings is 1. The first kappa shape index (κ1) is 11.7. The van der Waals surface area contributed by atoms with Crippen molar-refractivity contribution in [2.75, 3.05) is 14.2 Å². The summed E-state index contributed by atoms with van der Waals surface area (Å²) in [6, 6.07) is 4.18. The number of rotatable bonds is 5. The van der Waals surface area contributed by atoms with Crippen LogP contribution in [0.5, 0.6) is 0 Å². The highest BCUT2D eigenvalue weighted by Gasteiger charge is 2.13. The van der Waals surface area contributed by atoms with Crippen molar-refractivity contribution >= 4 is 22.7 Å². The average Bonchev–Trinajstić information content (AvgIpc) is 2.93. The van der Waals surface area contributed by atoms with Crippen LogP contribution in [0.4, 0.5) is 0 Å². The largest absolute Gasteiger partial charge is 0.350 e. The lowest BCUT2D eigenvalue weighted by Crippen LogP contribution is -2.04. The Balaban J connectivity index is 2.07. The fourth-order valence-electron chi connectivity index (χ4n) is 1.41. The zero-order valence-electron chi connectivity index (χ0n) is 9.17. The van der Waals surface area contributed by atoms with Crippen molar-refractivity contribution in [3.05, 3.63) is 38.5 Å². The minimum absolute atomic E-state index is 0.353. The minimum Gasteiger partial charge on any atom is -0.350 e. The molecule has 5 heteroatoms. The summed E-state index contributed by atoms with van der Waals surface area (Å²) in [4.78, 5) is 5.83. The highest BCUT2D eigenvalue weighted by atomic mass is 32.1. The van der Waals surface area contributed by atoms with Crippen LogP contribution in [0, 0.1) is 0 Å². The highest BCUT2D eigenvalue weighted by Crippen LogP contribution is 2.23. The molecular weight excluding hydrogens is 242 g/mol. The van der Waals surface area contributed by atoms with Crippen molar-refractivity contribution in [2.45, 2.75) is 12.7 Å². The van der Waals surface area contributed by atoms with Gasteiger partial charge in [-0.3, -0.25) is 0 Å². The summed E-state index contributed by atoms with van der Waals surface area (Å²) in [5.41, 5.74) is 0.849. The third-order valence-corrected chi connectivity index (χ3v) is 3.89. The number of aromatic nitrogens is 1. The summed E-state index contributed by atoms with van der Waals surface area (Å²) in [5, 5.41) is 5.16. The van der Waals surface area contributed by atoms with Gasteiger partial charge in [-0.05, 0) is 11.4 Å². The van der Waals surface area contributed by atoms with Gasteiger partial charge in [-0.1, -0.05) is 6.07 Å². The van der Waals surface area contributed by atoms with E-state index in [1.165, 1.54) is 4.88 Å². The van der Waals surface area contributed by atoms with Crippen LogP contribution in [-0.2, 0) is 15.9 Å². The molecule has 0 amide bonds. The summed E-state index contributed by atoms with van der Waals surface area (Å²) in [6.07, 6.45) is 0.538. The lowest BCUT2D eigenvalue weighted by atomic mass is 10.3. The number of ether oxygens (including phenoxy) is 2. The first-order valence-electron chi connectivity index (χ1n) is 4.85. The molecule has 3 nitrogen and oxygen atoms in total. The molecule has 0 radical (unpaired) electrons. The van der Waals surface area contributed by atoms with Crippen molar-refractivity contribution in [1.29, 1.82) is 0 Å². The summed E-state index contributed by atoms with van der Waals surface area (Å²) in [7, 11) is 3.24. The predicted octanol–water partition coefficient (Wildman–Crippen LogP) is 3.09. The molecule has 0 saturated heterocycles. The molecule has 0 aromatic carbocycles. The lowest BCUT2D eigenvalue weighted by molar-refractivity contribution is -0.108. The third kappa shape index (κ3) is 2.68. The summed E-state index contributed by atoms with van der Waals surface area (Å²) >= 11 is 3.39. The number of hydrogen-bond donors (Lipinski definition) is 0. The molecule has 16 heavy (non-hydrogen) atoms. The number of nitrogens with zero attached hydrogens (tertiary/aromatic N) is 1. The van der Waals surface area contributed by atoms with E-state index in [9.17, 15) is 0 Å². The first-order chi connectivity index (χ1) is 7.83. The molecule has 0 fully saturated rings. The van der Waals surface area contributed by atoms with Gasteiger partial charge in [0.05, 0.1) is 5.01 Å². The SMILES string of the molecule is COC(OC)c1csc(Cc2cccs2)n1. The van der Waals surface area contributed by atoms with Crippen molar-refractivity contribution < 1.29 is 9.47 Å². The molecule has 0 aliphatic rings. The maximum atomic E-state index is 5.16. The van der Waals surface area contributed by atoms with Gasteiger partial charge in [0, 0.05) is 30.9 Å². The molecule has 0 N–H and O–H groups in total. The van der Waals surface area contributed by atoms with Gasteiger partial charge in [0.1, 0.15) is 5.69 Å². The molecule has 86 valence electrons. The van der Waals surface area contributed by atoms with Crippen molar-refractivity contribution in [3.63, 3.8) is 0 Å². The van der Waals surface area contributed by atoms with Crippen LogP contribution in [0.2, 0.25) is 0 Å². The van der Waals surface area contributed by atoms with Crippen LogP contribution in [0.25, 0.3) is 0 Å². The van der Waals surface area contributed by atoms with E-state index >= 15 is 0 Å². The summed E-state index contributed by atoms with van der Waals surface area (Å²) in [5.74, 6) is 0. The van der Waals surface area contributed by atoms with E-state index in [4.69, 9.17) is 9.47 Å². The summed E-state index contributed by atoms with van der Waals surface area (Å²) in [6.45, 7) is 0. The molecule has 2 heterocycles. The van der Waals surface area contributed by atoms with Crippen LogP contribution in [0.15, 0.2) is 22.9 Å². The van der Waals surface area contributed by atoms with E-state index in [0.717, 1.165) is 17.1 Å². The topological polar surface area (TPSA) is 31.4 Å². The van der Waals surface area contributed by atoms with Crippen molar-refractivity contribution in [1.82, 2.24) is 4.98 Å².